The number of rotatable bonds is 7. The Morgan fingerprint density at radius 3 is 1.64 bits per heavy atom. The van der Waals surface area contributed by atoms with Crippen molar-refractivity contribution in [3.63, 3.8) is 0 Å². The zero-order chi connectivity index (χ0) is 23.3. The number of hydroxylamine groups is 2. The first-order valence-electron chi connectivity index (χ1n) is 12.4. The van der Waals surface area contributed by atoms with Gasteiger partial charge < -0.3 is 20.0 Å². The number of nitrogens with zero attached hydrogens (tertiary/aromatic N) is 4. The van der Waals surface area contributed by atoms with Gasteiger partial charge in [-0.25, -0.2) is 0 Å². The third-order valence-corrected chi connectivity index (χ3v) is 6.34. The van der Waals surface area contributed by atoms with Crippen molar-refractivity contribution in [2.45, 2.75) is 39.5 Å². The van der Waals surface area contributed by atoms with Gasteiger partial charge in [0.05, 0.1) is 5.60 Å². The molecule has 180 valence electrons. The summed E-state index contributed by atoms with van der Waals surface area (Å²) in [6.07, 6.45) is 0. The normalized spacial score (nSPS) is 18.2. The lowest BCUT2D eigenvalue weighted by Gasteiger charge is -2.34. The van der Waals surface area contributed by atoms with Gasteiger partial charge in [0.15, 0.2) is 0 Å². The minimum absolute atomic E-state index is 0.236. The van der Waals surface area contributed by atoms with Crippen molar-refractivity contribution in [3.05, 3.63) is 59.7 Å². The van der Waals surface area contributed by atoms with E-state index < -0.39 is 0 Å². The van der Waals surface area contributed by atoms with Crippen molar-refractivity contribution in [1.29, 1.82) is 0 Å². The lowest BCUT2D eigenvalue weighted by molar-refractivity contribution is -0.240. The zero-order valence-electron chi connectivity index (χ0n) is 20.9. The molecule has 0 amide bonds. The number of likely N-dealkylation sites (N-methyl/N-ethyl adjacent to an activating group) is 1. The Balaban J connectivity index is 1.39. The van der Waals surface area contributed by atoms with E-state index in [1.807, 2.05) is 0 Å². The largest absolute Gasteiger partial charge is 0.369 e. The summed E-state index contributed by atoms with van der Waals surface area (Å²) >= 11 is 0. The Bertz CT molecular complexity index is 848. The van der Waals surface area contributed by atoms with E-state index in [0.717, 1.165) is 65.4 Å². The van der Waals surface area contributed by atoms with Crippen molar-refractivity contribution in [2.24, 2.45) is 0 Å². The van der Waals surface area contributed by atoms with Crippen molar-refractivity contribution in [3.8, 4) is 0 Å². The van der Waals surface area contributed by atoms with Crippen LogP contribution < -0.4 is 15.1 Å². The van der Waals surface area contributed by atoms with E-state index in [9.17, 15) is 0 Å². The zero-order valence-corrected chi connectivity index (χ0v) is 20.9. The van der Waals surface area contributed by atoms with E-state index in [1.165, 1.54) is 22.5 Å². The molecule has 33 heavy (non-hydrogen) atoms. The molecule has 0 unspecified atom stereocenters. The Kier molecular flexibility index (Phi) is 7.91. The van der Waals surface area contributed by atoms with Crippen LogP contribution >= 0.6 is 0 Å². The van der Waals surface area contributed by atoms with Crippen LogP contribution in [0, 0.1) is 0 Å². The van der Waals surface area contributed by atoms with Crippen molar-refractivity contribution in [1.82, 2.24) is 15.3 Å². The molecule has 6 nitrogen and oxygen atoms in total. The van der Waals surface area contributed by atoms with Gasteiger partial charge in [0.25, 0.3) is 0 Å². The molecule has 2 saturated heterocycles. The Morgan fingerprint density at radius 2 is 1.18 bits per heavy atom. The molecule has 2 aromatic carbocycles. The maximum Gasteiger partial charge on any atom is 0.0816 e. The molecule has 0 radical (unpaired) electrons. The molecule has 1 N–H and O–H groups in total. The van der Waals surface area contributed by atoms with E-state index in [2.05, 4.69) is 101 Å². The highest BCUT2D eigenvalue weighted by Gasteiger charge is 2.19. The monoisotopic (exact) mass is 451 g/mol. The van der Waals surface area contributed by atoms with Crippen LogP contribution in [0.2, 0.25) is 0 Å². The van der Waals surface area contributed by atoms with E-state index in [0.29, 0.717) is 0 Å². The summed E-state index contributed by atoms with van der Waals surface area (Å²) in [5.41, 5.74) is 4.93. The third-order valence-electron chi connectivity index (χ3n) is 6.34. The topological polar surface area (TPSA) is 34.2 Å². The number of nitrogens with one attached hydrogen (secondary N) is 1. The third kappa shape index (κ3) is 7.18. The summed E-state index contributed by atoms with van der Waals surface area (Å²) in [5, 5.41) is 5.52. The minimum Gasteiger partial charge on any atom is -0.369 e. The predicted octanol–water partition coefficient (Wildman–Crippen LogP) is 3.58. The molecule has 4 rings (SSSR count). The van der Waals surface area contributed by atoms with Crippen LogP contribution in [0.4, 0.5) is 11.4 Å². The van der Waals surface area contributed by atoms with Gasteiger partial charge in [-0.2, -0.15) is 5.06 Å². The molecule has 2 aliphatic heterocycles. The van der Waals surface area contributed by atoms with Crippen LogP contribution in [0.3, 0.4) is 0 Å². The molecular weight excluding hydrogens is 410 g/mol. The molecule has 0 saturated carbocycles. The first-order valence-corrected chi connectivity index (χ1v) is 12.4. The molecule has 0 bridgehead atoms. The van der Waals surface area contributed by atoms with Crippen LogP contribution in [0.1, 0.15) is 31.9 Å². The first-order chi connectivity index (χ1) is 15.9. The molecule has 0 aromatic heterocycles. The number of piperazine rings is 2. The highest BCUT2D eigenvalue weighted by atomic mass is 16.7. The van der Waals surface area contributed by atoms with Gasteiger partial charge in [-0.3, -0.25) is 4.84 Å². The number of benzene rings is 2. The molecule has 0 aliphatic carbocycles. The van der Waals surface area contributed by atoms with E-state index in [-0.39, 0.29) is 5.60 Å². The molecule has 2 aromatic rings. The SMILES string of the molecule is CN1CCN(c2ccc(CN(Cc3ccc(N4CCNCC4)cc3)OC(C)(C)C)cc2)CC1. The van der Waals surface area contributed by atoms with E-state index in [4.69, 9.17) is 4.84 Å². The lowest BCUT2D eigenvalue weighted by Crippen LogP contribution is -2.44. The van der Waals surface area contributed by atoms with Gasteiger partial charge in [-0.1, -0.05) is 24.3 Å². The molecule has 2 aliphatic rings. The van der Waals surface area contributed by atoms with Gasteiger partial charge in [-0.15, -0.1) is 0 Å². The predicted molar refractivity (Wildman–Crippen MR) is 138 cm³/mol. The van der Waals surface area contributed by atoms with Crippen LogP contribution in [-0.2, 0) is 17.9 Å². The number of anilines is 2. The second-order valence-electron chi connectivity index (χ2n) is 10.4. The summed E-state index contributed by atoms with van der Waals surface area (Å²) < 4.78 is 0. The van der Waals surface area contributed by atoms with Crippen LogP contribution in [0.5, 0.6) is 0 Å². The summed E-state index contributed by atoms with van der Waals surface area (Å²) in [6, 6.07) is 18.0. The fourth-order valence-electron chi connectivity index (χ4n) is 4.53. The second-order valence-corrected chi connectivity index (χ2v) is 10.4. The number of hydrogen-bond donors (Lipinski definition) is 1. The highest BCUT2D eigenvalue weighted by Crippen LogP contribution is 2.22. The maximum absolute atomic E-state index is 6.35. The molecule has 2 heterocycles. The van der Waals surface area contributed by atoms with Crippen molar-refractivity contribution in [2.75, 3.05) is 69.2 Å². The van der Waals surface area contributed by atoms with Crippen LogP contribution in [-0.4, -0.2) is 75.0 Å². The Morgan fingerprint density at radius 1 is 0.727 bits per heavy atom. The van der Waals surface area contributed by atoms with E-state index >= 15 is 0 Å². The van der Waals surface area contributed by atoms with Gasteiger partial charge in [0.2, 0.25) is 0 Å². The summed E-state index contributed by atoms with van der Waals surface area (Å²) in [4.78, 5) is 13.7. The van der Waals surface area contributed by atoms with Crippen molar-refractivity contribution >= 4 is 11.4 Å². The van der Waals surface area contributed by atoms with Gasteiger partial charge in [-0.05, 0) is 63.2 Å². The molecule has 6 heteroatoms. The average Bonchev–Trinajstić information content (AvgIpc) is 2.80. The number of hydrogen-bond acceptors (Lipinski definition) is 6. The first kappa shape index (κ1) is 24.0. The van der Waals surface area contributed by atoms with Crippen LogP contribution in [0.25, 0.3) is 0 Å². The lowest BCUT2D eigenvalue weighted by atomic mass is 10.1. The summed E-state index contributed by atoms with van der Waals surface area (Å²) in [5.74, 6) is 0. The van der Waals surface area contributed by atoms with E-state index in [1.54, 1.807) is 0 Å². The summed E-state index contributed by atoms with van der Waals surface area (Å²) in [6.45, 7) is 16.6. The molecule has 0 spiro atoms. The van der Waals surface area contributed by atoms with Crippen LogP contribution in [0.15, 0.2) is 48.5 Å². The molecule has 2 fully saturated rings. The second kappa shape index (κ2) is 10.9. The Hall–Kier alpha value is -2.12. The standard InChI is InChI=1S/C27H41N5O/c1-27(2,3)33-32(21-23-5-9-25(10-6-23)30-15-13-28-14-16-30)22-24-7-11-26(12-8-24)31-19-17-29(4)18-20-31/h5-12,28H,13-22H2,1-4H3. The quantitative estimate of drug-likeness (QED) is 0.648. The minimum atomic E-state index is -0.236. The van der Waals surface area contributed by atoms with Gasteiger partial charge in [0, 0.05) is 76.8 Å². The fourth-order valence-corrected chi connectivity index (χ4v) is 4.53. The smallest absolute Gasteiger partial charge is 0.0816 e. The average molecular weight is 452 g/mol. The maximum atomic E-state index is 6.35. The Labute approximate surface area is 200 Å². The van der Waals surface area contributed by atoms with Gasteiger partial charge >= 0.3 is 0 Å². The highest BCUT2D eigenvalue weighted by molar-refractivity contribution is 5.49. The molecular formula is C27H41N5O. The van der Waals surface area contributed by atoms with Crippen molar-refractivity contribution < 1.29 is 4.84 Å². The fraction of sp³-hybridized carbons (Fsp3) is 0.556. The summed E-state index contributed by atoms with van der Waals surface area (Å²) in [7, 11) is 2.20. The molecule has 0 atom stereocenters. The van der Waals surface area contributed by atoms with Gasteiger partial charge in [0.1, 0.15) is 0 Å².